The third-order valence-electron chi connectivity index (χ3n) is 2.89. The van der Waals surface area contributed by atoms with Crippen molar-refractivity contribution in [3.8, 4) is 11.1 Å². The molecule has 0 unspecified atom stereocenters. The van der Waals surface area contributed by atoms with Gasteiger partial charge in [-0.2, -0.15) is 13.2 Å². The molecule has 0 aliphatic rings. The lowest BCUT2D eigenvalue weighted by Gasteiger charge is -2.15. The first-order valence-electron chi connectivity index (χ1n) is 5.65. The van der Waals surface area contributed by atoms with Gasteiger partial charge in [0.25, 0.3) is 0 Å². The second kappa shape index (κ2) is 6.37. The van der Waals surface area contributed by atoms with Gasteiger partial charge in [-0.3, -0.25) is 0 Å². The van der Waals surface area contributed by atoms with Crippen molar-refractivity contribution in [3.63, 3.8) is 0 Å². The van der Waals surface area contributed by atoms with Crippen LogP contribution < -0.4 is 0 Å². The van der Waals surface area contributed by atoms with Gasteiger partial charge >= 0.3 is 6.18 Å². The first-order chi connectivity index (χ1) is 9.75. The Morgan fingerprint density at radius 3 is 2.14 bits per heavy atom. The fraction of sp³-hybridized carbons (Fsp3) is 0.143. The molecule has 0 aliphatic carbocycles. The molecule has 0 bridgehead atoms. The summed E-state index contributed by atoms with van der Waals surface area (Å²) in [4.78, 5) is 0. The maximum absolute atomic E-state index is 13.1. The number of hydrogen-bond donors (Lipinski definition) is 0. The van der Waals surface area contributed by atoms with Crippen molar-refractivity contribution < 1.29 is 13.2 Å². The molecule has 21 heavy (non-hydrogen) atoms. The van der Waals surface area contributed by atoms with Crippen LogP contribution in [0.25, 0.3) is 11.1 Å². The van der Waals surface area contributed by atoms with Gasteiger partial charge in [0.15, 0.2) is 0 Å². The molecule has 0 aromatic heterocycles. The van der Waals surface area contributed by atoms with Crippen molar-refractivity contribution in [1.29, 1.82) is 0 Å². The molecule has 7 heteroatoms. The normalized spacial score (nSPS) is 11.8. The summed E-state index contributed by atoms with van der Waals surface area (Å²) in [5.41, 5.74) is -0.0357. The van der Waals surface area contributed by atoms with Gasteiger partial charge in [0.1, 0.15) is 0 Å². The highest BCUT2D eigenvalue weighted by atomic mass is 79.9. The Labute approximate surface area is 142 Å². The van der Waals surface area contributed by atoms with Crippen LogP contribution in [0.1, 0.15) is 11.1 Å². The first-order valence-corrected chi connectivity index (χ1v) is 7.91. The molecule has 0 atom stereocenters. The summed E-state index contributed by atoms with van der Waals surface area (Å²) in [5.74, 6) is 0. The molecule has 112 valence electrons. The molecule has 0 spiro atoms. The van der Waals surface area contributed by atoms with Gasteiger partial charge < -0.3 is 0 Å². The number of benzene rings is 2. The molecular formula is C14H7BrCl3F3. The van der Waals surface area contributed by atoms with E-state index in [2.05, 4.69) is 15.9 Å². The van der Waals surface area contributed by atoms with E-state index in [0.717, 1.165) is 6.07 Å². The average molecular weight is 418 g/mol. The Bertz CT molecular complexity index is 684. The lowest BCUT2D eigenvalue weighted by Crippen LogP contribution is -2.08. The number of alkyl halides is 4. The lowest BCUT2D eigenvalue weighted by molar-refractivity contribution is -0.138. The minimum absolute atomic E-state index is 0.0964. The van der Waals surface area contributed by atoms with Crippen molar-refractivity contribution >= 4 is 50.7 Å². The summed E-state index contributed by atoms with van der Waals surface area (Å²) in [5, 5.41) is 0.696. The van der Waals surface area contributed by atoms with Gasteiger partial charge in [-0.25, -0.2) is 0 Å². The van der Waals surface area contributed by atoms with Crippen LogP contribution in [-0.4, -0.2) is 0 Å². The molecule has 0 aliphatic heterocycles. The Morgan fingerprint density at radius 1 is 0.952 bits per heavy atom. The maximum atomic E-state index is 13.1. The Hall–Kier alpha value is -0.420. The SMILES string of the molecule is FC(F)(F)c1cc(-c2c(Cl)ccc(Cl)c2Cl)ccc1CBr. The Balaban J connectivity index is 2.70. The van der Waals surface area contributed by atoms with Crippen LogP contribution in [0.5, 0.6) is 0 Å². The van der Waals surface area contributed by atoms with E-state index < -0.39 is 11.7 Å². The van der Waals surface area contributed by atoms with Crippen molar-refractivity contribution in [3.05, 3.63) is 56.5 Å². The molecule has 2 rings (SSSR count). The zero-order valence-corrected chi connectivity index (χ0v) is 14.1. The zero-order valence-electron chi connectivity index (χ0n) is 10.2. The molecule has 0 saturated heterocycles. The summed E-state index contributed by atoms with van der Waals surface area (Å²) >= 11 is 21.1. The minimum atomic E-state index is -4.46. The summed E-state index contributed by atoms with van der Waals surface area (Å²) in [7, 11) is 0. The third kappa shape index (κ3) is 3.50. The topological polar surface area (TPSA) is 0 Å². The van der Waals surface area contributed by atoms with E-state index in [1.54, 1.807) is 0 Å². The van der Waals surface area contributed by atoms with E-state index in [0.29, 0.717) is 0 Å². The summed E-state index contributed by atoms with van der Waals surface area (Å²) in [6, 6.07) is 6.94. The molecule has 0 heterocycles. The molecule has 2 aromatic carbocycles. The predicted molar refractivity (Wildman–Crippen MR) is 84.5 cm³/mol. The van der Waals surface area contributed by atoms with Crippen LogP contribution in [0.15, 0.2) is 30.3 Å². The predicted octanol–water partition coefficient (Wildman–Crippen LogP) is 7.23. The van der Waals surface area contributed by atoms with E-state index in [4.69, 9.17) is 34.8 Å². The average Bonchev–Trinajstić information content (AvgIpc) is 2.42. The summed E-state index contributed by atoms with van der Waals surface area (Å²) in [6.45, 7) is 0. The number of hydrogen-bond acceptors (Lipinski definition) is 0. The van der Waals surface area contributed by atoms with E-state index in [9.17, 15) is 13.2 Å². The van der Waals surface area contributed by atoms with E-state index in [-0.39, 0.29) is 37.1 Å². The third-order valence-corrected chi connectivity index (χ3v) is 4.62. The number of rotatable bonds is 2. The highest BCUT2D eigenvalue weighted by Crippen LogP contribution is 2.42. The van der Waals surface area contributed by atoms with Gasteiger partial charge in [0.05, 0.1) is 15.6 Å². The minimum Gasteiger partial charge on any atom is -0.166 e. The molecular weight excluding hydrogens is 411 g/mol. The smallest absolute Gasteiger partial charge is 0.166 e. The Morgan fingerprint density at radius 2 is 1.57 bits per heavy atom. The van der Waals surface area contributed by atoms with Crippen LogP contribution in [0, 0.1) is 0 Å². The van der Waals surface area contributed by atoms with Crippen molar-refractivity contribution in [1.82, 2.24) is 0 Å². The van der Waals surface area contributed by atoms with Gasteiger partial charge in [-0.05, 0) is 29.3 Å². The van der Waals surface area contributed by atoms with Crippen LogP contribution in [0.2, 0.25) is 15.1 Å². The second-order valence-corrected chi connectivity index (χ2v) is 5.97. The van der Waals surface area contributed by atoms with E-state index in [1.165, 1.54) is 24.3 Å². The molecule has 0 fully saturated rings. The molecule has 0 N–H and O–H groups in total. The maximum Gasteiger partial charge on any atom is 0.416 e. The van der Waals surface area contributed by atoms with E-state index >= 15 is 0 Å². The fourth-order valence-electron chi connectivity index (χ4n) is 1.90. The summed E-state index contributed by atoms with van der Waals surface area (Å²) < 4.78 is 39.3. The zero-order chi connectivity index (χ0) is 15.8. The summed E-state index contributed by atoms with van der Waals surface area (Å²) in [6.07, 6.45) is -4.46. The molecule has 0 saturated carbocycles. The first kappa shape index (κ1) is 16.9. The van der Waals surface area contributed by atoms with Crippen molar-refractivity contribution in [2.45, 2.75) is 11.5 Å². The van der Waals surface area contributed by atoms with Crippen LogP contribution in [0.4, 0.5) is 13.2 Å². The van der Waals surface area contributed by atoms with Crippen molar-refractivity contribution in [2.24, 2.45) is 0 Å². The molecule has 0 radical (unpaired) electrons. The Kier molecular flexibility index (Phi) is 5.14. The molecule has 0 nitrogen and oxygen atoms in total. The fourth-order valence-corrected chi connectivity index (χ4v) is 3.14. The molecule has 2 aromatic rings. The highest BCUT2D eigenvalue weighted by molar-refractivity contribution is 9.08. The van der Waals surface area contributed by atoms with Gasteiger partial charge in [0, 0.05) is 15.9 Å². The van der Waals surface area contributed by atoms with Gasteiger partial charge in [0.2, 0.25) is 0 Å². The highest BCUT2D eigenvalue weighted by Gasteiger charge is 2.33. The van der Waals surface area contributed by atoms with E-state index in [1.807, 2.05) is 0 Å². The van der Waals surface area contributed by atoms with Gasteiger partial charge in [-0.1, -0.05) is 62.9 Å². The second-order valence-electron chi connectivity index (χ2n) is 4.22. The van der Waals surface area contributed by atoms with Crippen LogP contribution >= 0.6 is 50.7 Å². The van der Waals surface area contributed by atoms with Crippen LogP contribution in [0.3, 0.4) is 0 Å². The largest absolute Gasteiger partial charge is 0.416 e. The van der Waals surface area contributed by atoms with Crippen LogP contribution in [-0.2, 0) is 11.5 Å². The van der Waals surface area contributed by atoms with Gasteiger partial charge in [-0.15, -0.1) is 0 Å². The monoisotopic (exact) mass is 416 g/mol. The quantitative estimate of drug-likeness (QED) is 0.357. The molecule has 0 amide bonds. The lowest BCUT2D eigenvalue weighted by atomic mass is 9.99. The van der Waals surface area contributed by atoms with Crippen molar-refractivity contribution in [2.75, 3.05) is 0 Å². The standard InChI is InChI=1S/C14H7BrCl3F3/c15-6-8-2-1-7(5-9(8)14(19,20)21)12-10(16)3-4-11(17)13(12)18/h1-5H,6H2. The number of halogens is 7.